The van der Waals surface area contributed by atoms with E-state index in [9.17, 15) is 14.4 Å². The Labute approximate surface area is 367 Å². The first-order chi connectivity index (χ1) is 29.0. The van der Waals surface area contributed by atoms with E-state index in [1.807, 2.05) is 0 Å². The van der Waals surface area contributed by atoms with Crippen molar-refractivity contribution in [2.75, 3.05) is 13.2 Å². The van der Waals surface area contributed by atoms with Crippen LogP contribution in [0.5, 0.6) is 0 Å². The van der Waals surface area contributed by atoms with Crippen LogP contribution in [0.3, 0.4) is 0 Å². The summed E-state index contributed by atoms with van der Waals surface area (Å²) in [7, 11) is 0. The van der Waals surface area contributed by atoms with Crippen LogP contribution < -0.4 is 0 Å². The zero-order chi connectivity index (χ0) is 43.0. The Hall–Kier alpha value is -1.85. The van der Waals surface area contributed by atoms with E-state index >= 15 is 0 Å². The van der Waals surface area contributed by atoms with Crippen molar-refractivity contribution in [3.05, 3.63) is 12.2 Å². The Bertz CT molecular complexity index is 916. The third kappa shape index (κ3) is 47.1. The molecule has 0 aliphatic carbocycles. The molecule has 1 atom stereocenters. The molecule has 6 heteroatoms. The highest BCUT2D eigenvalue weighted by atomic mass is 16.6. The van der Waals surface area contributed by atoms with Crippen molar-refractivity contribution >= 4 is 17.9 Å². The van der Waals surface area contributed by atoms with Crippen molar-refractivity contribution in [1.82, 2.24) is 0 Å². The fraction of sp³-hybridized carbons (Fsp3) is 0.906. The van der Waals surface area contributed by atoms with Crippen molar-refractivity contribution < 1.29 is 28.6 Å². The smallest absolute Gasteiger partial charge is 0.306 e. The number of carbonyl (C=O) groups excluding carboxylic acids is 3. The molecule has 0 spiro atoms. The third-order valence-electron chi connectivity index (χ3n) is 11.8. The van der Waals surface area contributed by atoms with Gasteiger partial charge in [-0.2, -0.15) is 0 Å². The summed E-state index contributed by atoms with van der Waals surface area (Å²) in [6.45, 7) is 6.56. The predicted octanol–water partition coefficient (Wildman–Crippen LogP) is 17.0. The highest BCUT2D eigenvalue weighted by molar-refractivity contribution is 5.71. The number of allylic oxidation sites excluding steroid dienone is 2. The molecule has 1 unspecified atom stereocenters. The maximum Gasteiger partial charge on any atom is 0.306 e. The van der Waals surface area contributed by atoms with Gasteiger partial charge in [-0.3, -0.25) is 14.4 Å². The van der Waals surface area contributed by atoms with Crippen LogP contribution in [0.4, 0.5) is 0 Å². The summed E-state index contributed by atoms with van der Waals surface area (Å²) in [5.41, 5.74) is 0. The van der Waals surface area contributed by atoms with Crippen LogP contribution in [0.25, 0.3) is 0 Å². The summed E-state index contributed by atoms with van der Waals surface area (Å²) in [5, 5.41) is 0. The van der Waals surface area contributed by atoms with Gasteiger partial charge in [0.1, 0.15) is 13.2 Å². The first-order valence-electron chi connectivity index (χ1n) is 26.2. The van der Waals surface area contributed by atoms with Crippen LogP contribution in [-0.2, 0) is 28.6 Å². The van der Waals surface area contributed by atoms with Gasteiger partial charge in [-0.1, -0.05) is 238 Å². The van der Waals surface area contributed by atoms with Gasteiger partial charge >= 0.3 is 17.9 Å². The second-order valence-corrected chi connectivity index (χ2v) is 17.8. The lowest BCUT2D eigenvalue weighted by Gasteiger charge is -2.18. The Morgan fingerprint density at radius 2 is 0.559 bits per heavy atom. The van der Waals surface area contributed by atoms with Gasteiger partial charge in [-0.15, -0.1) is 0 Å². The van der Waals surface area contributed by atoms with Crippen LogP contribution in [0, 0.1) is 0 Å². The van der Waals surface area contributed by atoms with Gasteiger partial charge in [0.25, 0.3) is 0 Å². The number of hydrogen-bond acceptors (Lipinski definition) is 6. The van der Waals surface area contributed by atoms with Crippen LogP contribution in [0.2, 0.25) is 0 Å². The molecule has 59 heavy (non-hydrogen) atoms. The van der Waals surface area contributed by atoms with E-state index in [-0.39, 0.29) is 31.1 Å². The molecule has 0 bridgehead atoms. The molecule has 0 aromatic heterocycles. The summed E-state index contributed by atoms with van der Waals surface area (Å²) in [4.78, 5) is 37.6. The first kappa shape index (κ1) is 57.1. The van der Waals surface area contributed by atoms with Gasteiger partial charge in [0.2, 0.25) is 0 Å². The monoisotopic (exact) mass is 833 g/mol. The number of esters is 3. The molecule has 0 rings (SSSR count). The van der Waals surface area contributed by atoms with E-state index in [1.165, 1.54) is 180 Å². The number of carbonyl (C=O) groups is 3. The van der Waals surface area contributed by atoms with Gasteiger partial charge in [-0.25, -0.2) is 0 Å². The molecule has 0 aliphatic rings. The summed E-state index contributed by atoms with van der Waals surface area (Å²) in [5.74, 6) is -0.880. The Morgan fingerprint density at radius 1 is 0.322 bits per heavy atom. The highest BCUT2D eigenvalue weighted by Crippen LogP contribution is 2.17. The van der Waals surface area contributed by atoms with Gasteiger partial charge in [-0.05, 0) is 44.9 Å². The van der Waals surface area contributed by atoms with Crippen molar-refractivity contribution in [2.24, 2.45) is 0 Å². The van der Waals surface area contributed by atoms with Gasteiger partial charge < -0.3 is 14.2 Å². The standard InChI is InChI=1S/C53H100O6/c1-4-7-10-13-15-17-19-21-22-23-24-25-26-27-28-29-30-31-32-34-35-37-40-43-46-52(55)58-49-50(48-57-51(54)45-42-39-12-9-6-3)59-53(56)47-44-41-38-36-33-20-18-16-14-11-8-5-2/h16,18,50H,4-15,17,19-49H2,1-3H3/b18-16-. The molecule has 0 N–H and O–H groups in total. The molecular formula is C53H100O6. The lowest BCUT2D eigenvalue weighted by molar-refractivity contribution is -0.167. The van der Waals surface area contributed by atoms with E-state index in [0.29, 0.717) is 19.3 Å². The SMILES string of the molecule is CCCCC/C=C\CCCCCCCC(=O)OC(COC(=O)CCCCCCC)COC(=O)CCCCCCCCCCCCCCCCCCCCCCCCCC. The average Bonchev–Trinajstić information content (AvgIpc) is 3.23. The molecule has 0 aliphatic heterocycles. The van der Waals surface area contributed by atoms with Crippen LogP contribution in [-0.4, -0.2) is 37.2 Å². The van der Waals surface area contributed by atoms with Gasteiger partial charge in [0.05, 0.1) is 0 Å². The molecule has 0 amide bonds. The summed E-state index contributed by atoms with van der Waals surface area (Å²) >= 11 is 0. The van der Waals surface area contributed by atoms with Crippen molar-refractivity contribution in [3.63, 3.8) is 0 Å². The van der Waals surface area contributed by atoms with E-state index in [0.717, 1.165) is 70.6 Å². The zero-order valence-corrected chi connectivity index (χ0v) is 39.8. The second-order valence-electron chi connectivity index (χ2n) is 17.8. The molecule has 0 saturated carbocycles. The zero-order valence-electron chi connectivity index (χ0n) is 39.8. The van der Waals surface area contributed by atoms with Crippen LogP contribution in [0.15, 0.2) is 12.2 Å². The Balaban J connectivity index is 3.99. The fourth-order valence-corrected chi connectivity index (χ4v) is 7.79. The van der Waals surface area contributed by atoms with Crippen molar-refractivity contribution in [2.45, 2.75) is 297 Å². The molecule has 0 radical (unpaired) electrons. The van der Waals surface area contributed by atoms with E-state index in [4.69, 9.17) is 14.2 Å². The normalized spacial score (nSPS) is 12.0. The quantitative estimate of drug-likeness (QED) is 0.0263. The maximum absolute atomic E-state index is 12.7. The summed E-state index contributed by atoms with van der Waals surface area (Å²) in [6, 6.07) is 0. The number of hydrogen-bond donors (Lipinski definition) is 0. The molecule has 0 saturated heterocycles. The number of unbranched alkanes of at least 4 members (excludes halogenated alkanes) is 35. The highest BCUT2D eigenvalue weighted by Gasteiger charge is 2.19. The van der Waals surface area contributed by atoms with E-state index in [2.05, 4.69) is 32.9 Å². The number of ether oxygens (including phenoxy) is 3. The summed E-state index contributed by atoms with van der Waals surface area (Å²) < 4.78 is 16.6. The minimum atomic E-state index is -0.765. The third-order valence-corrected chi connectivity index (χ3v) is 11.8. The summed E-state index contributed by atoms with van der Waals surface area (Å²) in [6.07, 6.45) is 53.9. The molecule has 0 fully saturated rings. The first-order valence-corrected chi connectivity index (χ1v) is 26.2. The Kier molecular flexibility index (Phi) is 47.3. The second kappa shape index (κ2) is 48.8. The minimum Gasteiger partial charge on any atom is -0.462 e. The predicted molar refractivity (Wildman–Crippen MR) is 252 cm³/mol. The van der Waals surface area contributed by atoms with Crippen molar-refractivity contribution in [3.8, 4) is 0 Å². The molecule has 6 nitrogen and oxygen atoms in total. The van der Waals surface area contributed by atoms with Crippen molar-refractivity contribution in [1.29, 1.82) is 0 Å². The largest absolute Gasteiger partial charge is 0.462 e. The molecular weight excluding hydrogens is 733 g/mol. The van der Waals surface area contributed by atoms with Gasteiger partial charge in [0, 0.05) is 19.3 Å². The molecule has 0 heterocycles. The fourth-order valence-electron chi connectivity index (χ4n) is 7.79. The van der Waals surface area contributed by atoms with Crippen LogP contribution in [0.1, 0.15) is 290 Å². The van der Waals surface area contributed by atoms with Gasteiger partial charge in [0.15, 0.2) is 6.10 Å². The lowest BCUT2D eigenvalue weighted by atomic mass is 10.0. The lowest BCUT2D eigenvalue weighted by Crippen LogP contribution is -2.30. The van der Waals surface area contributed by atoms with E-state index in [1.54, 1.807) is 0 Å². The molecule has 0 aromatic carbocycles. The molecule has 0 aromatic rings. The van der Waals surface area contributed by atoms with E-state index < -0.39 is 6.10 Å². The Morgan fingerprint density at radius 3 is 0.881 bits per heavy atom. The topological polar surface area (TPSA) is 78.9 Å². The van der Waals surface area contributed by atoms with Crippen LogP contribution >= 0.6 is 0 Å². The maximum atomic E-state index is 12.7. The average molecular weight is 833 g/mol. The number of rotatable bonds is 48. The molecule has 348 valence electrons. The minimum absolute atomic E-state index is 0.0697.